The summed E-state index contributed by atoms with van der Waals surface area (Å²) in [6.07, 6.45) is 9.69. The molecule has 17 heavy (non-hydrogen) atoms. The van der Waals surface area contributed by atoms with Gasteiger partial charge in [-0.05, 0) is 31.6 Å². The fourth-order valence-corrected chi connectivity index (χ4v) is 2.87. The Bertz CT molecular complexity index is 447. The minimum atomic E-state index is 0.0364. The van der Waals surface area contributed by atoms with Gasteiger partial charge in [0.15, 0.2) is 5.01 Å². The lowest BCUT2D eigenvalue weighted by Crippen LogP contribution is -2.43. The minimum absolute atomic E-state index is 0.0364. The zero-order valence-electron chi connectivity index (χ0n) is 9.98. The van der Waals surface area contributed by atoms with Crippen LogP contribution in [-0.2, 0) is 0 Å². The first kappa shape index (κ1) is 12.1. The van der Waals surface area contributed by atoms with E-state index in [1.54, 1.807) is 5.38 Å². The van der Waals surface area contributed by atoms with E-state index in [1.807, 2.05) is 4.90 Å². The molecule has 1 aromatic heterocycles. The van der Waals surface area contributed by atoms with Crippen molar-refractivity contribution in [1.82, 2.24) is 9.88 Å². The van der Waals surface area contributed by atoms with Crippen LogP contribution in [0.3, 0.4) is 0 Å². The van der Waals surface area contributed by atoms with Crippen molar-refractivity contribution in [2.24, 2.45) is 0 Å². The summed E-state index contributed by atoms with van der Waals surface area (Å²) in [4.78, 5) is 18.4. The Morgan fingerprint density at radius 2 is 2.53 bits per heavy atom. The molecule has 2 rings (SSSR count). The van der Waals surface area contributed by atoms with Gasteiger partial charge in [-0.15, -0.1) is 17.8 Å². The number of terminal acetylenes is 1. The van der Waals surface area contributed by atoms with Crippen LogP contribution in [0.5, 0.6) is 0 Å². The Hall–Kier alpha value is -1.34. The van der Waals surface area contributed by atoms with Crippen LogP contribution in [0, 0.1) is 12.3 Å². The summed E-state index contributed by atoms with van der Waals surface area (Å²) >= 11 is 1.36. The first-order valence-electron chi connectivity index (χ1n) is 5.99. The number of aromatic nitrogens is 1. The third-order valence-electron chi connectivity index (χ3n) is 3.21. The molecule has 1 amide bonds. The molecule has 0 aromatic carbocycles. The van der Waals surface area contributed by atoms with E-state index in [0.717, 1.165) is 25.8 Å². The van der Waals surface area contributed by atoms with Gasteiger partial charge < -0.3 is 4.90 Å². The molecule has 1 aliphatic rings. The van der Waals surface area contributed by atoms with Crippen molar-refractivity contribution in [2.75, 3.05) is 6.54 Å². The molecule has 1 saturated heterocycles. The number of rotatable bonds is 2. The largest absolute Gasteiger partial charge is 0.334 e. The van der Waals surface area contributed by atoms with E-state index in [2.05, 4.69) is 17.8 Å². The summed E-state index contributed by atoms with van der Waals surface area (Å²) in [7, 11) is 0. The molecule has 1 atom stereocenters. The van der Waals surface area contributed by atoms with E-state index in [-0.39, 0.29) is 5.91 Å². The van der Waals surface area contributed by atoms with Crippen molar-refractivity contribution in [3.8, 4) is 12.3 Å². The van der Waals surface area contributed by atoms with Crippen LogP contribution >= 0.6 is 11.3 Å². The van der Waals surface area contributed by atoms with Crippen molar-refractivity contribution >= 4 is 17.2 Å². The first-order valence-corrected chi connectivity index (χ1v) is 6.87. The van der Waals surface area contributed by atoms with Crippen molar-refractivity contribution in [3.63, 3.8) is 0 Å². The predicted molar refractivity (Wildman–Crippen MR) is 69.0 cm³/mol. The van der Waals surface area contributed by atoms with E-state index in [0.29, 0.717) is 16.7 Å². The highest BCUT2D eigenvalue weighted by Crippen LogP contribution is 2.22. The molecular formula is C13H16N2OS. The number of nitrogens with zero attached hydrogens (tertiary/aromatic N) is 2. The number of carbonyl (C=O) groups excluding carboxylic acids is 1. The third-order valence-corrected chi connectivity index (χ3v) is 3.98. The van der Waals surface area contributed by atoms with Crippen molar-refractivity contribution < 1.29 is 4.79 Å². The SMILES string of the molecule is C#Cc1nc(C(=O)N2CCCCC2CC)cs1. The molecule has 0 bridgehead atoms. The molecular weight excluding hydrogens is 232 g/mol. The second-order valence-electron chi connectivity index (χ2n) is 4.24. The average Bonchev–Trinajstić information content (AvgIpc) is 2.86. The maximum absolute atomic E-state index is 12.3. The molecule has 0 aliphatic carbocycles. The van der Waals surface area contributed by atoms with Gasteiger partial charge in [0.2, 0.25) is 0 Å². The van der Waals surface area contributed by atoms with Crippen LogP contribution in [-0.4, -0.2) is 28.4 Å². The molecule has 0 spiro atoms. The number of piperidine rings is 1. The van der Waals surface area contributed by atoms with Gasteiger partial charge >= 0.3 is 0 Å². The Kier molecular flexibility index (Phi) is 3.80. The molecule has 4 heteroatoms. The minimum Gasteiger partial charge on any atom is -0.334 e. The van der Waals surface area contributed by atoms with E-state index < -0.39 is 0 Å². The van der Waals surface area contributed by atoms with Crippen LogP contribution in [0.25, 0.3) is 0 Å². The predicted octanol–water partition coefficient (Wildman–Crippen LogP) is 2.53. The zero-order valence-corrected chi connectivity index (χ0v) is 10.8. The van der Waals surface area contributed by atoms with E-state index in [9.17, 15) is 4.79 Å². The topological polar surface area (TPSA) is 33.2 Å². The smallest absolute Gasteiger partial charge is 0.273 e. The molecule has 0 saturated carbocycles. The normalized spacial score (nSPS) is 20.0. The van der Waals surface area contributed by atoms with Crippen LogP contribution in [0.15, 0.2) is 5.38 Å². The number of amides is 1. The number of carbonyl (C=O) groups is 1. The molecule has 2 heterocycles. The number of likely N-dealkylation sites (tertiary alicyclic amines) is 1. The van der Waals surface area contributed by atoms with E-state index in [4.69, 9.17) is 6.42 Å². The van der Waals surface area contributed by atoms with Gasteiger partial charge in [0.1, 0.15) is 5.69 Å². The van der Waals surface area contributed by atoms with Gasteiger partial charge in [-0.2, -0.15) is 0 Å². The average molecular weight is 248 g/mol. The molecule has 3 nitrogen and oxygen atoms in total. The van der Waals surface area contributed by atoms with Gasteiger partial charge in [0.05, 0.1) is 0 Å². The standard InChI is InChI=1S/C13H16N2OS/c1-3-10-7-5-6-8-15(10)13(16)11-9-17-12(4-2)14-11/h2,9-10H,3,5-8H2,1H3. The van der Waals surface area contributed by atoms with Crippen molar-refractivity contribution in [3.05, 3.63) is 16.1 Å². The quantitative estimate of drug-likeness (QED) is 0.754. The van der Waals surface area contributed by atoms with Gasteiger partial charge in [0, 0.05) is 18.0 Å². The lowest BCUT2D eigenvalue weighted by atomic mass is 10.00. The highest BCUT2D eigenvalue weighted by molar-refractivity contribution is 7.10. The lowest BCUT2D eigenvalue weighted by molar-refractivity contribution is 0.0602. The molecule has 0 N–H and O–H groups in total. The maximum atomic E-state index is 12.3. The fourth-order valence-electron chi connectivity index (χ4n) is 2.28. The Morgan fingerprint density at radius 1 is 1.71 bits per heavy atom. The second-order valence-corrected chi connectivity index (χ2v) is 5.10. The molecule has 1 aliphatic heterocycles. The summed E-state index contributed by atoms with van der Waals surface area (Å²) in [5, 5.41) is 2.34. The Morgan fingerprint density at radius 3 is 3.18 bits per heavy atom. The maximum Gasteiger partial charge on any atom is 0.273 e. The fraction of sp³-hybridized carbons (Fsp3) is 0.538. The van der Waals surface area contributed by atoms with E-state index in [1.165, 1.54) is 17.8 Å². The van der Waals surface area contributed by atoms with Gasteiger partial charge in [0.25, 0.3) is 5.91 Å². The highest BCUT2D eigenvalue weighted by Gasteiger charge is 2.27. The first-order chi connectivity index (χ1) is 8.26. The summed E-state index contributed by atoms with van der Waals surface area (Å²) < 4.78 is 0. The van der Waals surface area contributed by atoms with Crippen LogP contribution < -0.4 is 0 Å². The lowest BCUT2D eigenvalue weighted by Gasteiger charge is -2.34. The molecule has 0 radical (unpaired) electrons. The number of hydrogen-bond acceptors (Lipinski definition) is 3. The van der Waals surface area contributed by atoms with E-state index >= 15 is 0 Å². The third kappa shape index (κ3) is 2.50. The molecule has 1 fully saturated rings. The Balaban J connectivity index is 2.15. The van der Waals surface area contributed by atoms with Crippen molar-refractivity contribution in [2.45, 2.75) is 38.6 Å². The molecule has 1 unspecified atom stereocenters. The van der Waals surface area contributed by atoms with Crippen LogP contribution in [0.2, 0.25) is 0 Å². The Labute approximate surface area is 106 Å². The van der Waals surface area contributed by atoms with Crippen LogP contribution in [0.1, 0.15) is 48.1 Å². The molecule has 90 valence electrons. The van der Waals surface area contributed by atoms with Gasteiger partial charge in [-0.25, -0.2) is 4.98 Å². The zero-order chi connectivity index (χ0) is 12.3. The van der Waals surface area contributed by atoms with Gasteiger partial charge in [-0.1, -0.05) is 6.92 Å². The number of thiazole rings is 1. The summed E-state index contributed by atoms with van der Waals surface area (Å²) in [5.74, 6) is 2.50. The second kappa shape index (κ2) is 5.33. The van der Waals surface area contributed by atoms with Crippen LogP contribution in [0.4, 0.5) is 0 Å². The van der Waals surface area contributed by atoms with Crippen molar-refractivity contribution in [1.29, 1.82) is 0 Å². The van der Waals surface area contributed by atoms with Gasteiger partial charge in [-0.3, -0.25) is 4.79 Å². The number of hydrogen-bond donors (Lipinski definition) is 0. The molecule has 1 aromatic rings. The monoisotopic (exact) mass is 248 g/mol. The summed E-state index contributed by atoms with van der Waals surface area (Å²) in [6.45, 7) is 2.98. The summed E-state index contributed by atoms with van der Waals surface area (Å²) in [5.41, 5.74) is 0.503. The summed E-state index contributed by atoms with van der Waals surface area (Å²) in [6, 6.07) is 0.368. The highest BCUT2D eigenvalue weighted by atomic mass is 32.1.